The largest absolute Gasteiger partial charge is 0.481 e. The Morgan fingerprint density at radius 2 is 1.11 bits per heavy atom. The first-order chi connectivity index (χ1) is 38.4. The summed E-state index contributed by atoms with van der Waals surface area (Å²) in [4.78, 5) is 33.2. The fraction of sp³-hybridized carbons (Fsp3) is 0.875. The highest BCUT2D eigenvalue weighted by molar-refractivity contribution is 8.14. The van der Waals surface area contributed by atoms with Crippen LogP contribution in [0.3, 0.4) is 0 Å². The van der Waals surface area contributed by atoms with Crippen molar-refractivity contribution in [1.82, 2.24) is 10.6 Å². The van der Waals surface area contributed by atoms with Gasteiger partial charge in [-0.05, 0) is 29.6 Å². The average molecular weight is 1190 g/mol. The van der Waals surface area contributed by atoms with E-state index in [-0.39, 0.29) is 0 Å². The highest BCUT2D eigenvalue weighted by atomic mass is 32.2. The number of rotatable bonds is 8. The van der Waals surface area contributed by atoms with E-state index >= 15 is 0 Å². The second kappa shape index (κ2) is 72.5. The van der Waals surface area contributed by atoms with E-state index < -0.39 is 0 Å². The summed E-state index contributed by atoms with van der Waals surface area (Å²) in [6.07, 6.45) is 5.23. The molecule has 0 aromatic heterocycles. The van der Waals surface area contributed by atoms with Crippen LogP contribution in [0.4, 0.5) is 0 Å². The molecule has 80 heavy (non-hydrogen) atoms. The molecule has 8 aliphatic rings. The molecular formula is C64H138N10O3S3. The van der Waals surface area contributed by atoms with Crippen LogP contribution >= 0.6 is 35.3 Å². The maximum atomic E-state index is 5.16. The number of nitrogens with one attached hydrogen (secondary N) is 2. The normalized spacial score (nSPS) is 19.8. The molecule has 5 atom stereocenters. The molecule has 0 spiro atoms. The van der Waals surface area contributed by atoms with E-state index in [1.54, 1.807) is 19.1 Å². The van der Waals surface area contributed by atoms with Gasteiger partial charge in [0.1, 0.15) is 19.3 Å². The van der Waals surface area contributed by atoms with E-state index in [1.807, 2.05) is 157 Å². The number of nitrogens with zero attached hydrogens (tertiary/aromatic N) is 8. The smallest absolute Gasteiger partial charge is 0.186 e. The lowest BCUT2D eigenvalue weighted by atomic mass is 10.1. The lowest BCUT2D eigenvalue weighted by Crippen LogP contribution is -2.29. The summed E-state index contributed by atoms with van der Waals surface area (Å²) < 4.78 is 15.2. The van der Waals surface area contributed by atoms with Crippen molar-refractivity contribution in [1.29, 1.82) is 0 Å². The Bertz CT molecular complexity index is 1290. The third-order valence-corrected chi connectivity index (χ3v) is 13.7. The lowest BCUT2D eigenvalue weighted by molar-refractivity contribution is 0.179. The van der Waals surface area contributed by atoms with Crippen LogP contribution in [0.25, 0.3) is 0 Å². The van der Waals surface area contributed by atoms with Gasteiger partial charge in [-0.1, -0.05) is 222 Å². The van der Waals surface area contributed by atoms with Crippen LogP contribution < -0.4 is 10.6 Å². The van der Waals surface area contributed by atoms with Crippen LogP contribution in [-0.2, 0) is 14.2 Å². The molecule has 0 aromatic carbocycles. The van der Waals surface area contributed by atoms with Gasteiger partial charge in [0.2, 0.25) is 0 Å². The quantitative estimate of drug-likeness (QED) is 0.244. The van der Waals surface area contributed by atoms with Gasteiger partial charge in [0.15, 0.2) is 18.7 Å². The number of hydrogen-bond donors (Lipinski definition) is 2. The van der Waals surface area contributed by atoms with E-state index in [0.717, 1.165) is 82.0 Å². The van der Waals surface area contributed by atoms with Crippen LogP contribution in [0.15, 0.2) is 39.9 Å². The zero-order valence-corrected chi connectivity index (χ0v) is 61.1. The molecule has 0 saturated heterocycles. The van der Waals surface area contributed by atoms with E-state index in [0.29, 0.717) is 59.7 Å². The molecular weight excluding hydrogens is 1050 g/mol. The molecule has 0 bridgehead atoms. The van der Waals surface area contributed by atoms with Crippen molar-refractivity contribution >= 4 is 82.3 Å². The van der Waals surface area contributed by atoms with E-state index in [4.69, 9.17) is 14.2 Å². The molecule has 0 amide bonds. The molecule has 13 nitrogen and oxygen atoms in total. The molecule has 480 valence electrons. The van der Waals surface area contributed by atoms with Gasteiger partial charge in [-0.15, -0.1) is 35.3 Å². The Morgan fingerprint density at radius 3 is 1.31 bits per heavy atom. The highest BCUT2D eigenvalue weighted by Crippen LogP contribution is 2.22. The van der Waals surface area contributed by atoms with Crippen molar-refractivity contribution in [2.24, 2.45) is 87.3 Å². The second-order valence-corrected chi connectivity index (χ2v) is 22.0. The van der Waals surface area contributed by atoms with Crippen molar-refractivity contribution in [3.63, 3.8) is 0 Å². The number of amidine groups is 1. The van der Waals surface area contributed by atoms with Crippen LogP contribution in [0.5, 0.6) is 0 Å². The van der Waals surface area contributed by atoms with Gasteiger partial charge in [-0.2, -0.15) is 0 Å². The van der Waals surface area contributed by atoms with Gasteiger partial charge >= 0.3 is 0 Å². The Labute approximate surface area is 513 Å². The molecule has 8 rings (SSSR count). The number of hydrogen-bond acceptors (Lipinski definition) is 16. The fourth-order valence-electron chi connectivity index (χ4n) is 5.67. The summed E-state index contributed by atoms with van der Waals surface area (Å²) in [7, 11) is 0. The third kappa shape index (κ3) is 57.2. The van der Waals surface area contributed by atoms with Crippen molar-refractivity contribution in [2.45, 2.75) is 251 Å². The molecule has 0 fully saturated rings. The first kappa shape index (κ1) is 93.8. The standard InChI is InChI=1S/2C6H12N2.3C6H11NO.3C6H11NS.8C2H6/c1-5(2)6-3-7-4-8-6;1-5(2)6-7-3-4-8-6;1-5(2)6-3-8-4-7-6;1-5(2)6-3-7-4-8-6;1-5(2)6-7-3-4-8-6;1-5(2)6-3-8-4-7-6;1-5(2)6-3-7-4-8-6;1-5(2)6-7-3-4-8-6;8*1-2/h4-6H,3H2,1-2H3,(H,7,8);5H,3-4H2,1-2H3,(H,7,8);2*4-6H,3H2,1-2H3;5H,3-4H2,1-2H3;2*4-6H,3H2,1-2H3;5H,3-4H2,1-2H3;8*1-2H3. The summed E-state index contributed by atoms with van der Waals surface area (Å²) in [5.41, 5.74) is 3.93. The number of ether oxygens (including phenoxy) is 3. The van der Waals surface area contributed by atoms with Crippen LogP contribution in [0, 0.1) is 47.3 Å². The maximum absolute atomic E-state index is 5.16. The van der Waals surface area contributed by atoms with Crippen LogP contribution in [-0.4, -0.2) is 147 Å². The van der Waals surface area contributed by atoms with E-state index in [1.165, 1.54) is 22.4 Å². The van der Waals surface area contributed by atoms with Gasteiger partial charge in [0.25, 0.3) is 0 Å². The minimum atomic E-state index is 0.343. The average Bonchev–Trinajstić information content (AvgIpc) is 4.34. The molecule has 16 heteroatoms. The Balaban J connectivity index is -0.000000119. The van der Waals surface area contributed by atoms with Gasteiger partial charge in [0, 0.05) is 53.6 Å². The maximum Gasteiger partial charge on any atom is 0.186 e. The minimum absolute atomic E-state index is 0.343. The van der Waals surface area contributed by atoms with Crippen molar-refractivity contribution in [2.75, 3.05) is 70.5 Å². The Morgan fingerprint density at radius 1 is 0.525 bits per heavy atom. The van der Waals surface area contributed by atoms with E-state index in [9.17, 15) is 0 Å². The van der Waals surface area contributed by atoms with Crippen molar-refractivity contribution in [3.8, 4) is 0 Å². The number of aliphatic imine (C=N–C) groups is 8. The molecule has 2 N–H and O–H groups in total. The third-order valence-electron chi connectivity index (χ3n) is 10.3. The zero-order chi connectivity index (χ0) is 63.9. The topological polar surface area (TPSA) is 151 Å². The Hall–Kier alpha value is -2.59. The van der Waals surface area contributed by atoms with Gasteiger partial charge in [-0.3, -0.25) is 39.9 Å². The SMILES string of the molecule is CC.CC.CC.CC.CC.CC.CC.CC.CC(C)C1=NCCN1.CC(C)C1=NCCO1.CC(C)C1=NCCS1.CC(C)C1CN=CN1.CC(C)C1CN=CO1.CC(C)C1CN=CS1.CC(C)C1COC=N1.CC(C)C1CSC=N1. The molecule has 8 heterocycles. The van der Waals surface area contributed by atoms with Gasteiger partial charge in [0.05, 0.1) is 73.1 Å². The van der Waals surface area contributed by atoms with Crippen LogP contribution in [0.2, 0.25) is 0 Å². The number of thioether (sulfide) groups is 3. The summed E-state index contributed by atoms with van der Waals surface area (Å²) >= 11 is 5.58. The van der Waals surface area contributed by atoms with Crippen molar-refractivity contribution in [3.05, 3.63) is 0 Å². The summed E-state index contributed by atoms with van der Waals surface area (Å²) in [5.74, 6) is 9.62. The summed E-state index contributed by atoms with van der Waals surface area (Å²) in [6, 6.07) is 1.60. The minimum Gasteiger partial charge on any atom is -0.481 e. The predicted molar refractivity (Wildman–Crippen MR) is 379 cm³/mol. The molecule has 0 saturated carbocycles. The zero-order valence-electron chi connectivity index (χ0n) is 58.7. The van der Waals surface area contributed by atoms with Gasteiger partial charge in [-0.25, -0.2) is 0 Å². The predicted octanol–water partition coefficient (Wildman–Crippen LogP) is 18.1. The van der Waals surface area contributed by atoms with Crippen molar-refractivity contribution < 1.29 is 14.2 Å². The fourth-order valence-corrected chi connectivity index (χ4v) is 8.39. The lowest BCUT2D eigenvalue weighted by Gasteiger charge is -2.12. The second-order valence-electron chi connectivity index (χ2n) is 18.9. The van der Waals surface area contributed by atoms with Gasteiger partial charge < -0.3 is 24.8 Å². The highest BCUT2D eigenvalue weighted by Gasteiger charge is 2.18. The first-order valence-electron chi connectivity index (χ1n) is 31.8. The first-order valence-corrected chi connectivity index (χ1v) is 34.8. The summed E-state index contributed by atoms with van der Waals surface area (Å²) in [6.45, 7) is 75.0. The van der Waals surface area contributed by atoms with Crippen LogP contribution in [0.1, 0.15) is 222 Å². The molecule has 5 unspecified atom stereocenters. The molecule has 0 aliphatic carbocycles. The van der Waals surface area contributed by atoms with E-state index in [2.05, 4.69) is 161 Å². The molecule has 8 aliphatic heterocycles. The molecule has 0 radical (unpaired) electrons. The Kier molecular flexibility index (Phi) is 85.0. The summed E-state index contributed by atoms with van der Waals surface area (Å²) in [5, 5.41) is 8.47. The monoisotopic (exact) mass is 1190 g/mol. The molecule has 0 aromatic rings.